The van der Waals surface area contributed by atoms with E-state index in [9.17, 15) is 4.79 Å². The summed E-state index contributed by atoms with van der Waals surface area (Å²) < 4.78 is 10.5. The van der Waals surface area contributed by atoms with Crippen LogP contribution in [0.2, 0.25) is 0 Å². The largest absolute Gasteiger partial charge is 0.474 e. The van der Waals surface area contributed by atoms with Crippen LogP contribution in [0.4, 0.5) is 0 Å². The van der Waals surface area contributed by atoms with Crippen LogP contribution in [0.25, 0.3) is 0 Å². The highest BCUT2D eigenvalue weighted by atomic mass is 32.2. The Labute approximate surface area is 104 Å². The van der Waals surface area contributed by atoms with Crippen molar-refractivity contribution in [3.05, 3.63) is 11.8 Å². The molecule has 1 aromatic heterocycles. The van der Waals surface area contributed by atoms with Gasteiger partial charge in [-0.15, -0.1) is 0 Å². The van der Waals surface area contributed by atoms with Gasteiger partial charge in [0.1, 0.15) is 11.7 Å². The summed E-state index contributed by atoms with van der Waals surface area (Å²) in [6.07, 6.45) is 5.56. The molecule has 0 aliphatic heterocycles. The summed E-state index contributed by atoms with van der Waals surface area (Å²) in [5.74, 6) is -0.0962. The lowest BCUT2D eigenvalue weighted by atomic mass is 10.3. The third kappa shape index (κ3) is 3.09. The minimum absolute atomic E-state index is 0.188. The second-order valence-corrected chi connectivity index (χ2v) is 4.39. The average molecular weight is 254 g/mol. The van der Waals surface area contributed by atoms with Gasteiger partial charge in [-0.1, -0.05) is 11.8 Å². The number of carbonyl (C=O) groups excluding carboxylic acids is 1. The van der Waals surface area contributed by atoms with Gasteiger partial charge in [0.2, 0.25) is 5.88 Å². The van der Waals surface area contributed by atoms with E-state index in [0.717, 1.165) is 12.8 Å². The van der Waals surface area contributed by atoms with Gasteiger partial charge in [-0.3, -0.25) is 0 Å². The van der Waals surface area contributed by atoms with E-state index in [2.05, 4.69) is 9.97 Å². The molecule has 6 heteroatoms. The van der Waals surface area contributed by atoms with E-state index in [1.54, 1.807) is 6.92 Å². The molecule has 0 saturated heterocycles. The molecule has 2 rings (SSSR count). The number of hydrogen-bond acceptors (Lipinski definition) is 6. The summed E-state index contributed by atoms with van der Waals surface area (Å²) in [7, 11) is 0. The molecule has 1 aliphatic rings. The fraction of sp³-hybridized carbons (Fsp3) is 0.545. The monoisotopic (exact) mass is 254 g/mol. The van der Waals surface area contributed by atoms with Crippen molar-refractivity contribution >= 4 is 17.7 Å². The first kappa shape index (κ1) is 12.2. The molecule has 17 heavy (non-hydrogen) atoms. The number of carbonyl (C=O) groups is 1. The van der Waals surface area contributed by atoms with Crippen molar-refractivity contribution in [2.45, 2.75) is 31.0 Å². The van der Waals surface area contributed by atoms with Crippen LogP contribution in [0, 0.1) is 0 Å². The lowest BCUT2D eigenvalue weighted by Crippen LogP contribution is -2.11. The molecular formula is C11H14N2O3S. The SMILES string of the molecule is CCOC(=O)c1cnc(SC)nc1OC1CC1. The third-order valence-corrected chi connectivity index (χ3v) is 2.77. The Morgan fingerprint density at radius 2 is 2.35 bits per heavy atom. The molecule has 1 saturated carbocycles. The van der Waals surface area contributed by atoms with Crippen LogP contribution in [-0.4, -0.2) is 34.9 Å². The van der Waals surface area contributed by atoms with Gasteiger partial charge in [0.25, 0.3) is 0 Å². The first-order chi connectivity index (χ1) is 8.24. The van der Waals surface area contributed by atoms with Gasteiger partial charge < -0.3 is 9.47 Å². The van der Waals surface area contributed by atoms with Crippen molar-refractivity contribution in [2.24, 2.45) is 0 Å². The summed E-state index contributed by atoms with van der Waals surface area (Å²) in [5.41, 5.74) is 0.302. The predicted octanol–water partition coefficient (Wildman–Crippen LogP) is 1.92. The van der Waals surface area contributed by atoms with Crippen molar-refractivity contribution < 1.29 is 14.3 Å². The van der Waals surface area contributed by atoms with E-state index in [1.807, 2.05) is 6.26 Å². The molecule has 0 atom stereocenters. The molecule has 0 amide bonds. The van der Waals surface area contributed by atoms with Crippen LogP contribution >= 0.6 is 11.8 Å². The molecule has 0 radical (unpaired) electrons. The van der Waals surface area contributed by atoms with Crippen LogP contribution in [0.1, 0.15) is 30.1 Å². The fourth-order valence-corrected chi connectivity index (χ4v) is 1.56. The molecule has 0 bridgehead atoms. The Bertz CT molecular complexity index is 421. The van der Waals surface area contributed by atoms with Gasteiger partial charge in [0.15, 0.2) is 5.16 Å². The van der Waals surface area contributed by atoms with E-state index in [0.29, 0.717) is 23.2 Å². The lowest BCUT2D eigenvalue weighted by molar-refractivity contribution is 0.0519. The molecule has 92 valence electrons. The molecule has 5 nitrogen and oxygen atoms in total. The van der Waals surface area contributed by atoms with Crippen molar-refractivity contribution in [3.8, 4) is 5.88 Å². The summed E-state index contributed by atoms with van der Waals surface area (Å²) in [4.78, 5) is 19.9. The Balaban J connectivity index is 2.24. The maximum absolute atomic E-state index is 11.7. The van der Waals surface area contributed by atoms with Gasteiger partial charge in [-0.25, -0.2) is 9.78 Å². The summed E-state index contributed by atoms with van der Waals surface area (Å²) in [6, 6.07) is 0. The fourth-order valence-electron chi connectivity index (χ4n) is 1.23. The molecule has 0 N–H and O–H groups in total. The maximum Gasteiger partial charge on any atom is 0.345 e. The molecule has 0 spiro atoms. The number of nitrogens with zero attached hydrogens (tertiary/aromatic N) is 2. The first-order valence-corrected chi connectivity index (χ1v) is 6.72. The van der Waals surface area contributed by atoms with E-state index in [4.69, 9.17) is 9.47 Å². The summed E-state index contributed by atoms with van der Waals surface area (Å²) >= 11 is 1.41. The molecular weight excluding hydrogens is 240 g/mol. The second kappa shape index (κ2) is 5.35. The highest BCUT2D eigenvalue weighted by Gasteiger charge is 2.27. The quantitative estimate of drug-likeness (QED) is 0.454. The van der Waals surface area contributed by atoms with Gasteiger partial charge in [0.05, 0.1) is 6.61 Å². The third-order valence-electron chi connectivity index (χ3n) is 2.21. The number of ether oxygens (including phenoxy) is 2. The maximum atomic E-state index is 11.7. The lowest BCUT2D eigenvalue weighted by Gasteiger charge is -2.09. The minimum atomic E-state index is -0.434. The van der Waals surface area contributed by atoms with Crippen LogP contribution in [0.3, 0.4) is 0 Å². The van der Waals surface area contributed by atoms with Crippen molar-refractivity contribution in [1.29, 1.82) is 0 Å². The van der Waals surface area contributed by atoms with Gasteiger partial charge in [-0.05, 0) is 26.0 Å². The standard InChI is InChI=1S/C11H14N2O3S/c1-3-15-10(14)8-6-12-11(17-2)13-9(8)16-7-4-5-7/h6-7H,3-5H2,1-2H3. The zero-order valence-electron chi connectivity index (χ0n) is 9.80. The van der Waals surface area contributed by atoms with E-state index >= 15 is 0 Å². The zero-order valence-corrected chi connectivity index (χ0v) is 10.6. The highest BCUT2D eigenvalue weighted by Crippen LogP contribution is 2.28. The van der Waals surface area contributed by atoms with E-state index in [-0.39, 0.29) is 6.10 Å². The Hall–Kier alpha value is -1.30. The molecule has 0 unspecified atom stereocenters. The molecule has 1 heterocycles. The van der Waals surface area contributed by atoms with Crippen LogP contribution in [-0.2, 0) is 4.74 Å². The van der Waals surface area contributed by atoms with E-state index in [1.165, 1.54) is 18.0 Å². The Morgan fingerprint density at radius 1 is 1.59 bits per heavy atom. The summed E-state index contributed by atoms with van der Waals surface area (Å²) in [5, 5.41) is 0.591. The molecule has 0 aromatic carbocycles. The number of hydrogen-bond donors (Lipinski definition) is 0. The number of aromatic nitrogens is 2. The van der Waals surface area contributed by atoms with Crippen molar-refractivity contribution in [3.63, 3.8) is 0 Å². The normalized spacial score (nSPS) is 14.5. The van der Waals surface area contributed by atoms with Gasteiger partial charge in [-0.2, -0.15) is 4.98 Å². The number of esters is 1. The van der Waals surface area contributed by atoms with E-state index < -0.39 is 5.97 Å². The van der Waals surface area contributed by atoms with Crippen molar-refractivity contribution in [1.82, 2.24) is 9.97 Å². The smallest absolute Gasteiger partial charge is 0.345 e. The minimum Gasteiger partial charge on any atom is -0.474 e. The first-order valence-electron chi connectivity index (χ1n) is 5.49. The number of thioether (sulfide) groups is 1. The molecule has 1 aromatic rings. The average Bonchev–Trinajstić information content (AvgIpc) is 3.13. The Kier molecular flexibility index (Phi) is 3.83. The molecule has 1 aliphatic carbocycles. The summed E-state index contributed by atoms with van der Waals surface area (Å²) in [6.45, 7) is 2.09. The highest BCUT2D eigenvalue weighted by molar-refractivity contribution is 7.98. The second-order valence-electron chi connectivity index (χ2n) is 3.61. The van der Waals surface area contributed by atoms with Crippen LogP contribution < -0.4 is 4.74 Å². The van der Waals surface area contributed by atoms with Crippen LogP contribution in [0.5, 0.6) is 5.88 Å². The van der Waals surface area contributed by atoms with Gasteiger partial charge in [0, 0.05) is 6.20 Å². The van der Waals surface area contributed by atoms with Crippen molar-refractivity contribution in [2.75, 3.05) is 12.9 Å². The Morgan fingerprint density at radius 3 is 2.94 bits per heavy atom. The number of rotatable bonds is 5. The molecule has 1 fully saturated rings. The van der Waals surface area contributed by atoms with Crippen LogP contribution in [0.15, 0.2) is 11.4 Å². The van der Waals surface area contributed by atoms with Gasteiger partial charge >= 0.3 is 5.97 Å². The topological polar surface area (TPSA) is 61.3 Å². The predicted molar refractivity (Wildman–Crippen MR) is 63.4 cm³/mol. The zero-order chi connectivity index (χ0) is 12.3.